The fourth-order valence-corrected chi connectivity index (χ4v) is 4.10. The van der Waals surface area contributed by atoms with E-state index >= 15 is 0 Å². The number of benzene rings is 2. The number of rotatable bonds is 5. The number of amidine groups is 1. The normalized spacial score (nSPS) is 31.0. The third kappa shape index (κ3) is 4.03. The first-order valence-corrected chi connectivity index (χ1v) is 9.90. The second-order valence-corrected chi connectivity index (χ2v) is 7.36. The molecule has 2 heterocycles. The van der Waals surface area contributed by atoms with Gasteiger partial charge in [-0.25, -0.2) is 9.20 Å². The van der Waals surface area contributed by atoms with Crippen LogP contribution in [0.1, 0.15) is 16.5 Å². The van der Waals surface area contributed by atoms with Gasteiger partial charge in [-0.15, -0.1) is 0 Å². The van der Waals surface area contributed by atoms with Gasteiger partial charge in [0, 0.05) is 43.6 Å². The molecule has 28 heavy (non-hydrogen) atoms. The van der Waals surface area contributed by atoms with Crippen LogP contribution < -0.4 is 0 Å². The van der Waals surface area contributed by atoms with Gasteiger partial charge in [-0.2, -0.15) is 0 Å². The molecule has 148 valence electrons. The van der Waals surface area contributed by atoms with Crippen molar-refractivity contribution in [2.45, 2.75) is 9.79 Å². The lowest BCUT2D eigenvalue weighted by Gasteiger charge is -2.36. The first kappa shape index (κ1) is 11.8. The molecule has 0 saturated carbocycles. The molecule has 2 aromatic carbocycles. The second kappa shape index (κ2) is 8.96. The number of fused-ring (bicyclic) bond motifs is 2. The van der Waals surface area contributed by atoms with E-state index in [1.54, 1.807) is 30.3 Å². The third-order valence-electron chi connectivity index (χ3n) is 4.12. The van der Waals surface area contributed by atoms with Gasteiger partial charge in [0.1, 0.15) is 5.84 Å². The van der Waals surface area contributed by atoms with Gasteiger partial charge in [-0.1, -0.05) is 30.3 Å². The van der Waals surface area contributed by atoms with Crippen LogP contribution in [0.3, 0.4) is 0 Å². The number of para-hydroxylation sites is 1. The molecule has 1 saturated heterocycles. The summed E-state index contributed by atoms with van der Waals surface area (Å²) >= 11 is 0. The standard InChI is InChI=1S/C21H25N3O3S/c25-14-16-27-15-13-23-9-11-24(12-10-23)21-17-5-1-3-7-19(17)28(26)20-8-4-2-6-18(20)22-21/h1-8,25H,9-16H2/i9D2,10D2,11D2,12D2. The predicted octanol–water partition coefficient (Wildman–Crippen LogP) is 1.87. The smallest absolute Gasteiger partial charge is 0.137 e. The molecule has 2 aliphatic heterocycles. The van der Waals surface area contributed by atoms with Crippen molar-refractivity contribution in [3.8, 4) is 0 Å². The van der Waals surface area contributed by atoms with E-state index in [0.717, 1.165) is 0 Å². The highest BCUT2D eigenvalue weighted by molar-refractivity contribution is 7.85. The summed E-state index contributed by atoms with van der Waals surface area (Å²) in [5.41, 5.74) is 0.278. The fourth-order valence-electron chi connectivity index (χ4n) is 2.80. The van der Waals surface area contributed by atoms with Gasteiger partial charge in [0.25, 0.3) is 0 Å². The summed E-state index contributed by atoms with van der Waals surface area (Å²) in [6.45, 7) is -13.6. The van der Waals surface area contributed by atoms with Gasteiger partial charge in [0.15, 0.2) is 0 Å². The van der Waals surface area contributed by atoms with Crippen LogP contribution >= 0.6 is 0 Å². The average molecular weight is 408 g/mol. The number of aliphatic imine (C=N–C) groups is 1. The highest BCUT2D eigenvalue weighted by atomic mass is 32.2. The van der Waals surface area contributed by atoms with Gasteiger partial charge in [-0.3, -0.25) is 4.90 Å². The van der Waals surface area contributed by atoms with Crippen molar-refractivity contribution in [3.63, 3.8) is 0 Å². The molecule has 4 rings (SSSR count). The Morgan fingerprint density at radius 3 is 2.54 bits per heavy atom. The Bertz CT molecular complexity index is 1180. The average Bonchev–Trinajstić information content (AvgIpc) is 2.93. The SMILES string of the molecule is [2H]C1([2H])N(CCOCCO)C([2H])([2H])C([2H])([2H])N(C2=Nc3ccccc3S(=O)c3ccccc32)C1([2H])[2H]. The van der Waals surface area contributed by atoms with E-state index in [1.165, 1.54) is 18.2 Å². The van der Waals surface area contributed by atoms with E-state index in [-0.39, 0.29) is 41.8 Å². The summed E-state index contributed by atoms with van der Waals surface area (Å²) in [6, 6.07) is 12.6. The largest absolute Gasteiger partial charge is 0.394 e. The molecule has 0 spiro atoms. The Labute approximate surface area is 179 Å². The fraction of sp³-hybridized carbons (Fsp3) is 0.381. The third-order valence-corrected chi connectivity index (χ3v) is 5.62. The maximum absolute atomic E-state index is 13.4. The maximum Gasteiger partial charge on any atom is 0.137 e. The summed E-state index contributed by atoms with van der Waals surface area (Å²) < 4.78 is 88.1. The lowest BCUT2D eigenvalue weighted by Crippen LogP contribution is -2.49. The lowest BCUT2D eigenvalue weighted by atomic mass is 10.1. The van der Waals surface area contributed by atoms with Gasteiger partial charge < -0.3 is 14.7 Å². The van der Waals surface area contributed by atoms with Crippen molar-refractivity contribution in [1.82, 2.24) is 9.80 Å². The molecule has 6 nitrogen and oxygen atoms in total. The van der Waals surface area contributed by atoms with E-state index in [1.807, 2.05) is 0 Å². The Morgan fingerprint density at radius 2 is 1.75 bits per heavy atom. The summed E-state index contributed by atoms with van der Waals surface area (Å²) in [4.78, 5) is 5.84. The Morgan fingerprint density at radius 1 is 1.04 bits per heavy atom. The van der Waals surface area contributed by atoms with E-state index < -0.39 is 43.3 Å². The minimum Gasteiger partial charge on any atom is -0.394 e. The molecule has 1 unspecified atom stereocenters. The molecule has 0 radical (unpaired) electrons. The van der Waals surface area contributed by atoms with Crippen molar-refractivity contribution in [2.75, 3.05) is 52.4 Å². The summed E-state index contributed by atoms with van der Waals surface area (Å²) in [5, 5.41) is 8.90. The van der Waals surface area contributed by atoms with Crippen molar-refractivity contribution >= 4 is 22.3 Å². The number of piperazine rings is 1. The molecule has 1 atom stereocenters. The predicted molar refractivity (Wildman–Crippen MR) is 110 cm³/mol. The zero-order valence-electron chi connectivity index (χ0n) is 23.0. The van der Waals surface area contributed by atoms with Crippen molar-refractivity contribution < 1.29 is 25.0 Å². The van der Waals surface area contributed by atoms with Crippen molar-refractivity contribution in [2.24, 2.45) is 4.99 Å². The number of nitrogens with zero attached hydrogens (tertiary/aromatic N) is 3. The number of hydrogen-bond donors (Lipinski definition) is 1. The zero-order valence-corrected chi connectivity index (χ0v) is 15.8. The molecule has 2 aliphatic rings. The quantitative estimate of drug-likeness (QED) is 0.767. The molecule has 1 fully saturated rings. The van der Waals surface area contributed by atoms with Crippen LogP contribution in [0.25, 0.3) is 0 Å². The van der Waals surface area contributed by atoms with Crippen LogP contribution in [0.4, 0.5) is 5.69 Å². The van der Waals surface area contributed by atoms with Crippen LogP contribution in [0, 0.1) is 0 Å². The number of aliphatic hydroxyl groups is 1. The Balaban J connectivity index is 1.93. The van der Waals surface area contributed by atoms with Crippen LogP contribution in [-0.2, 0) is 15.5 Å². The number of ether oxygens (including phenoxy) is 1. The van der Waals surface area contributed by atoms with Gasteiger partial charge in [0.2, 0.25) is 0 Å². The van der Waals surface area contributed by atoms with Gasteiger partial charge in [-0.05, 0) is 18.2 Å². The molecule has 0 aromatic heterocycles. The molecule has 7 heteroatoms. The number of aliphatic hydroxyl groups excluding tert-OH is 1. The van der Waals surface area contributed by atoms with Gasteiger partial charge in [0.05, 0.1) is 51.6 Å². The summed E-state index contributed by atoms with van der Waals surface area (Å²) in [6.07, 6.45) is 0. The molecule has 2 aromatic rings. The second-order valence-electron chi connectivity index (χ2n) is 5.94. The van der Waals surface area contributed by atoms with Crippen molar-refractivity contribution in [1.29, 1.82) is 0 Å². The highest BCUT2D eigenvalue weighted by Gasteiger charge is 2.27. The lowest BCUT2D eigenvalue weighted by molar-refractivity contribution is 0.0652. The topological polar surface area (TPSA) is 65.4 Å². The van der Waals surface area contributed by atoms with E-state index in [0.29, 0.717) is 14.7 Å². The van der Waals surface area contributed by atoms with Gasteiger partial charge >= 0.3 is 0 Å². The molecular formula is C21H25N3O3S. The van der Waals surface area contributed by atoms with Crippen LogP contribution in [0.15, 0.2) is 63.3 Å². The van der Waals surface area contributed by atoms with Crippen LogP contribution in [0.5, 0.6) is 0 Å². The Hall–Kier alpha value is -2.06. The number of hydrogen-bond acceptors (Lipinski definition) is 6. The Kier molecular flexibility index (Phi) is 3.78. The highest BCUT2D eigenvalue weighted by Crippen LogP contribution is 2.33. The zero-order chi connectivity index (χ0) is 26.5. The first-order chi connectivity index (χ1) is 16.8. The minimum absolute atomic E-state index is 0.0874. The minimum atomic E-state index is -3.15. The van der Waals surface area contributed by atoms with E-state index in [2.05, 4.69) is 4.99 Å². The van der Waals surface area contributed by atoms with Crippen molar-refractivity contribution in [3.05, 3.63) is 54.1 Å². The molecular weight excluding hydrogens is 374 g/mol. The van der Waals surface area contributed by atoms with Crippen LogP contribution in [0.2, 0.25) is 0 Å². The maximum atomic E-state index is 13.4. The summed E-state index contributed by atoms with van der Waals surface area (Å²) in [7, 11) is -1.76. The molecule has 0 amide bonds. The summed E-state index contributed by atoms with van der Waals surface area (Å²) in [5.74, 6) is -0.372. The van der Waals surface area contributed by atoms with E-state index in [9.17, 15) is 4.21 Å². The molecule has 0 aliphatic carbocycles. The molecule has 1 N–H and O–H groups in total. The van der Waals surface area contributed by atoms with E-state index in [4.69, 9.17) is 20.8 Å². The monoisotopic (exact) mass is 407 g/mol. The first-order valence-electron chi connectivity index (χ1n) is 12.8. The van der Waals surface area contributed by atoms with Crippen LogP contribution in [-0.4, -0.2) is 77.3 Å². The molecule has 0 bridgehead atoms.